The fourth-order valence-corrected chi connectivity index (χ4v) is 5.00. The molecule has 1 saturated heterocycles. The minimum absolute atomic E-state index is 0.0794. The molecule has 0 amide bonds. The zero-order valence-electron chi connectivity index (χ0n) is 17.4. The van der Waals surface area contributed by atoms with Crippen LogP contribution < -0.4 is 10.3 Å². The first-order valence-electron chi connectivity index (χ1n) is 11.0. The lowest BCUT2D eigenvalue weighted by atomic mass is 10.00. The third kappa shape index (κ3) is 3.49. The fourth-order valence-electron chi connectivity index (χ4n) is 5.00. The highest BCUT2D eigenvalue weighted by Gasteiger charge is 2.33. The first-order valence-corrected chi connectivity index (χ1v) is 11.0. The molecule has 158 valence electrons. The predicted molar refractivity (Wildman–Crippen MR) is 114 cm³/mol. The van der Waals surface area contributed by atoms with Crippen molar-refractivity contribution in [2.75, 3.05) is 20.2 Å². The van der Waals surface area contributed by atoms with Gasteiger partial charge in [-0.25, -0.2) is 4.68 Å². The van der Waals surface area contributed by atoms with Gasteiger partial charge in [0, 0.05) is 16.5 Å². The lowest BCUT2D eigenvalue weighted by Crippen LogP contribution is -2.38. The first kappa shape index (κ1) is 19.2. The van der Waals surface area contributed by atoms with Gasteiger partial charge in [-0.1, -0.05) is 19.3 Å². The minimum Gasteiger partial charge on any atom is -0.497 e. The van der Waals surface area contributed by atoms with E-state index in [0.717, 1.165) is 61.2 Å². The molecule has 1 aliphatic carbocycles. The van der Waals surface area contributed by atoms with E-state index in [1.165, 1.54) is 19.3 Å². The molecule has 1 N–H and O–H groups in total. The number of nitrogens with zero attached hydrogens (tertiary/aromatic N) is 5. The molecule has 1 atom stereocenters. The molecule has 2 aromatic heterocycles. The lowest BCUT2D eigenvalue weighted by Gasteiger charge is -2.34. The topological polar surface area (TPSA) is 88.9 Å². The van der Waals surface area contributed by atoms with Crippen LogP contribution in [0.1, 0.15) is 68.4 Å². The molecule has 0 unspecified atom stereocenters. The van der Waals surface area contributed by atoms with Gasteiger partial charge in [0.2, 0.25) is 0 Å². The number of hydrogen-bond donors (Lipinski definition) is 1. The number of H-pyrrole nitrogens is 1. The number of aromatic nitrogens is 5. The number of nitrogens with one attached hydrogen (secondary N) is 1. The Balaban J connectivity index is 1.65. The number of ether oxygens (including phenoxy) is 1. The Labute approximate surface area is 175 Å². The number of hydrogen-bond acceptors (Lipinski definition) is 6. The minimum atomic E-state index is -0.250. The van der Waals surface area contributed by atoms with Gasteiger partial charge in [-0.3, -0.25) is 9.69 Å². The van der Waals surface area contributed by atoms with Gasteiger partial charge in [-0.05, 0) is 73.5 Å². The number of pyridine rings is 1. The molecular formula is C22H28N6O2. The number of benzene rings is 1. The summed E-state index contributed by atoms with van der Waals surface area (Å²) >= 11 is 0. The molecule has 2 aliphatic rings. The van der Waals surface area contributed by atoms with Crippen molar-refractivity contribution in [3.8, 4) is 5.75 Å². The van der Waals surface area contributed by atoms with Crippen LogP contribution in [0, 0.1) is 0 Å². The number of fused-ring (bicyclic) bond motifs is 1. The van der Waals surface area contributed by atoms with Crippen LogP contribution in [-0.2, 0) is 0 Å². The predicted octanol–water partition coefficient (Wildman–Crippen LogP) is 3.21. The first-order chi connectivity index (χ1) is 14.7. The normalized spacial score (nSPS) is 19.4. The monoisotopic (exact) mass is 408 g/mol. The van der Waals surface area contributed by atoms with E-state index in [9.17, 15) is 4.79 Å². The Hall–Kier alpha value is -2.74. The molecule has 0 bridgehead atoms. The molecular weight excluding hydrogens is 380 g/mol. The molecule has 30 heavy (non-hydrogen) atoms. The molecule has 1 saturated carbocycles. The summed E-state index contributed by atoms with van der Waals surface area (Å²) in [4.78, 5) is 18.6. The Morgan fingerprint density at radius 1 is 1.10 bits per heavy atom. The van der Waals surface area contributed by atoms with Gasteiger partial charge in [-0.2, -0.15) is 0 Å². The molecule has 2 fully saturated rings. The summed E-state index contributed by atoms with van der Waals surface area (Å²) in [7, 11) is 1.65. The summed E-state index contributed by atoms with van der Waals surface area (Å²) in [6.07, 6.45) is 8.07. The van der Waals surface area contributed by atoms with Gasteiger partial charge in [0.1, 0.15) is 11.8 Å². The highest BCUT2D eigenvalue weighted by molar-refractivity contribution is 5.80. The molecule has 1 aliphatic heterocycles. The van der Waals surface area contributed by atoms with Crippen LogP contribution in [-0.4, -0.2) is 50.3 Å². The molecule has 3 aromatic rings. The van der Waals surface area contributed by atoms with Crippen LogP contribution in [0.4, 0.5) is 0 Å². The van der Waals surface area contributed by atoms with Crippen molar-refractivity contribution < 1.29 is 4.74 Å². The van der Waals surface area contributed by atoms with Crippen molar-refractivity contribution >= 4 is 10.9 Å². The zero-order chi connectivity index (χ0) is 20.5. The molecule has 0 spiro atoms. The van der Waals surface area contributed by atoms with E-state index in [1.54, 1.807) is 7.11 Å². The van der Waals surface area contributed by atoms with E-state index in [-0.39, 0.29) is 11.6 Å². The van der Waals surface area contributed by atoms with Crippen molar-refractivity contribution in [3.05, 3.63) is 46.0 Å². The van der Waals surface area contributed by atoms with E-state index >= 15 is 0 Å². The Morgan fingerprint density at radius 2 is 1.90 bits per heavy atom. The van der Waals surface area contributed by atoms with Crippen LogP contribution in [0.25, 0.3) is 10.9 Å². The Kier molecular flexibility index (Phi) is 5.25. The van der Waals surface area contributed by atoms with Crippen molar-refractivity contribution in [2.45, 2.75) is 57.0 Å². The maximum atomic E-state index is 13.2. The average Bonchev–Trinajstić information content (AvgIpc) is 3.47. The van der Waals surface area contributed by atoms with Crippen molar-refractivity contribution in [1.82, 2.24) is 30.1 Å². The van der Waals surface area contributed by atoms with Crippen LogP contribution in [0.2, 0.25) is 0 Å². The quantitative estimate of drug-likeness (QED) is 0.697. The Bertz CT molecular complexity index is 1080. The Morgan fingerprint density at radius 3 is 2.67 bits per heavy atom. The maximum absolute atomic E-state index is 13.2. The summed E-state index contributed by atoms with van der Waals surface area (Å²) < 4.78 is 7.38. The molecule has 1 aromatic carbocycles. The number of likely N-dealkylation sites (tertiary alicyclic amines) is 1. The van der Waals surface area contributed by atoms with Crippen molar-refractivity contribution in [3.63, 3.8) is 0 Å². The largest absolute Gasteiger partial charge is 0.497 e. The number of methoxy groups -OCH3 is 1. The van der Waals surface area contributed by atoms with Crippen molar-refractivity contribution in [2.24, 2.45) is 0 Å². The van der Waals surface area contributed by atoms with Crippen LogP contribution in [0.3, 0.4) is 0 Å². The second-order valence-corrected chi connectivity index (χ2v) is 8.43. The molecule has 8 heteroatoms. The second-order valence-electron chi connectivity index (χ2n) is 8.43. The van der Waals surface area contributed by atoms with Gasteiger partial charge in [0.25, 0.3) is 5.56 Å². The number of piperidine rings is 1. The molecule has 0 radical (unpaired) electrons. The summed E-state index contributed by atoms with van der Waals surface area (Å²) in [5.74, 6) is 1.56. The molecule has 5 rings (SSSR count). The smallest absolute Gasteiger partial charge is 0.253 e. The highest BCUT2D eigenvalue weighted by Crippen LogP contribution is 2.35. The third-order valence-corrected chi connectivity index (χ3v) is 6.56. The summed E-state index contributed by atoms with van der Waals surface area (Å²) in [5.41, 5.74) is 1.42. The van der Waals surface area contributed by atoms with Crippen molar-refractivity contribution in [1.29, 1.82) is 0 Å². The fraction of sp³-hybridized carbons (Fsp3) is 0.545. The van der Waals surface area contributed by atoms with E-state index in [4.69, 9.17) is 4.74 Å². The standard InChI is InChI=1S/C22H28N6O2/c1-30-17-9-10-19-15(13-17)14-18(22(29)23-19)20(27-11-5-2-6-12-27)21-24-25-26-28(21)16-7-3-4-8-16/h9-10,13-14,16,20H,2-8,11-12H2,1H3,(H,23,29)/t20-/m0/s1. The lowest BCUT2D eigenvalue weighted by molar-refractivity contribution is 0.174. The molecule has 3 heterocycles. The van der Waals surface area contributed by atoms with E-state index in [2.05, 4.69) is 25.4 Å². The summed E-state index contributed by atoms with van der Waals surface area (Å²) in [6, 6.07) is 7.77. The van der Waals surface area contributed by atoms with Gasteiger partial charge < -0.3 is 9.72 Å². The second kappa shape index (κ2) is 8.18. The zero-order valence-corrected chi connectivity index (χ0v) is 17.4. The SMILES string of the molecule is COc1ccc2[nH]c(=O)c([C@@H](c3nnnn3C3CCCC3)N3CCCCC3)cc2c1. The van der Waals surface area contributed by atoms with E-state index in [1.807, 2.05) is 28.9 Å². The number of aromatic amines is 1. The van der Waals surface area contributed by atoms with Crippen LogP contribution in [0.15, 0.2) is 29.1 Å². The van der Waals surface area contributed by atoms with Gasteiger partial charge in [-0.15, -0.1) is 5.10 Å². The summed E-state index contributed by atoms with van der Waals surface area (Å²) in [5, 5.41) is 13.8. The maximum Gasteiger partial charge on any atom is 0.253 e. The number of rotatable bonds is 5. The average molecular weight is 409 g/mol. The summed E-state index contributed by atoms with van der Waals surface area (Å²) in [6.45, 7) is 1.88. The van der Waals surface area contributed by atoms with Gasteiger partial charge in [0.15, 0.2) is 5.82 Å². The van der Waals surface area contributed by atoms with Crippen LogP contribution >= 0.6 is 0 Å². The van der Waals surface area contributed by atoms with E-state index in [0.29, 0.717) is 11.6 Å². The van der Waals surface area contributed by atoms with Gasteiger partial charge in [0.05, 0.1) is 13.2 Å². The number of tetrazole rings is 1. The van der Waals surface area contributed by atoms with Crippen LogP contribution in [0.5, 0.6) is 5.75 Å². The van der Waals surface area contributed by atoms with E-state index < -0.39 is 0 Å². The third-order valence-electron chi connectivity index (χ3n) is 6.56. The van der Waals surface area contributed by atoms with Gasteiger partial charge >= 0.3 is 0 Å². The molecule has 8 nitrogen and oxygen atoms in total. The highest BCUT2D eigenvalue weighted by atomic mass is 16.5.